The fraction of sp³-hybridized carbons (Fsp3) is 1.00. The van der Waals surface area contributed by atoms with E-state index in [-0.39, 0.29) is 5.92 Å². The maximum absolute atomic E-state index is 11.7. The molecule has 1 aliphatic carbocycles. The summed E-state index contributed by atoms with van der Waals surface area (Å²) in [6.07, 6.45) is -0.372. The summed E-state index contributed by atoms with van der Waals surface area (Å²) in [5, 5.41) is 0. The molecule has 0 aromatic carbocycles. The Kier molecular flexibility index (Phi) is 1.49. The summed E-state index contributed by atoms with van der Waals surface area (Å²) >= 11 is 0. The van der Waals surface area contributed by atoms with Crippen molar-refractivity contribution >= 4 is 0 Å². The molecule has 2 atom stereocenters. The summed E-state index contributed by atoms with van der Waals surface area (Å²) in [5.41, 5.74) is 0. The van der Waals surface area contributed by atoms with Crippen LogP contribution in [0.4, 0.5) is 8.78 Å². The predicted octanol–water partition coefficient (Wildman–Crippen LogP) is 2.30. The average Bonchev–Trinajstić information content (AvgIpc) is 2.42. The Labute approximate surface area is 47.9 Å². The monoisotopic (exact) mass is 120 g/mol. The third-order valence-corrected chi connectivity index (χ3v) is 1.83. The summed E-state index contributed by atoms with van der Waals surface area (Å²) in [5.74, 6) is 0.0926. The van der Waals surface area contributed by atoms with Gasteiger partial charge in [-0.3, -0.25) is 0 Å². The number of hydrogen-bond acceptors (Lipinski definition) is 0. The first kappa shape index (κ1) is 5.99. The molecule has 0 aliphatic heterocycles. The lowest BCUT2D eigenvalue weighted by atomic mass is 10.3. The molecule has 0 N–H and O–H groups in total. The molecule has 1 fully saturated rings. The van der Waals surface area contributed by atoms with Crippen molar-refractivity contribution in [1.82, 2.24) is 0 Å². The Balaban J connectivity index is 2.16. The van der Waals surface area contributed by atoms with Gasteiger partial charge in [-0.05, 0) is 12.3 Å². The highest BCUT2D eigenvalue weighted by molar-refractivity contribution is 4.86. The lowest BCUT2D eigenvalue weighted by Gasteiger charge is -1.91. The Morgan fingerprint density at radius 1 is 1.62 bits per heavy atom. The van der Waals surface area contributed by atoms with Gasteiger partial charge in [-0.1, -0.05) is 13.3 Å². The quantitative estimate of drug-likeness (QED) is 0.524. The van der Waals surface area contributed by atoms with Crippen molar-refractivity contribution in [3.8, 4) is 0 Å². The van der Waals surface area contributed by atoms with E-state index in [0.29, 0.717) is 5.92 Å². The molecule has 0 amide bonds. The maximum Gasteiger partial charge on any atom is 0.241 e. The highest BCUT2D eigenvalue weighted by Gasteiger charge is 2.42. The van der Waals surface area contributed by atoms with Crippen LogP contribution in [0.15, 0.2) is 0 Å². The van der Waals surface area contributed by atoms with Gasteiger partial charge in [-0.2, -0.15) is 0 Å². The molecule has 1 aliphatic rings. The van der Waals surface area contributed by atoms with E-state index in [2.05, 4.69) is 0 Å². The molecule has 0 aromatic heterocycles. The zero-order chi connectivity index (χ0) is 6.15. The molecular formula is C6H10F2. The van der Waals surface area contributed by atoms with Crippen LogP contribution in [0, 0.1) is 11.8 Å². The predicted molar refractivity (Wildman–Crippen MR) is 27.9 cm³/mol. The van der Waals surface area contributed by atoms with Gasteiger partial charge in [0.25, 0.3) is 0 Å². The molecule has 2 unspecified atom stereocenters. The molecule has 0 bridgehead atoms. The van der Waals surface area contributed by atoms with Gasteiger partial charge in [0.2, 0.25) is 6.43 Å². The van der Waals surface area contributed by atoms with Crippen LogP contribution in [0.1, 0.15) is 19.8 Å². The van der Waals surface area contributed by atoms with Crippen molar-refractivity contribution in [3.05, 3.63) is 0 Å². The van der Waals surface area contributed by atoms with Gasteiger partial charge in [0.15, 0.2) is 0 Å². The smallest absolute Gasteiger partial charge is 0.210 e. The first-order valence-electron chi connectivity index (χ1n) is 3.03. The maximum atomic E-state index is 11.7. The minimum absolute atomic E-state index is 0.250. The van der Waals surface area contributed by atoms with Crippen molar-refractivity contribution in [2.75, 3.05) is 0 Å². The van der Waals surface area contributed by atoms with Gasteiger partial charge >= 0.3 is 0 Å². The minimum atomic E-state index is -2.06. The van der Waals surface area contributed by atoms with E-state index in [1.54, 1.807) is 0 Å². The van der Waals surface area contributed by atoms with Crippen LogP contribution in [0.3, 0.4) is 0 Å². The van der Waals surface area contributed by atoms with Crippen LogP contribution in [0.25, 0.3) is 0 Å². The molecule has 2 heteroatoms. The fourth-order valence-corrected chi connectivity index (χ4v) is 1.05. The minimum Gasteiger partial charge on any atom is -0.210 e. The van der Waals surface area contributed by atoms with Crippen LogP contribution in [-0.4, -0.2) is 6.43 Å². The largest absolute Gasteiger partial charge is 0.241 e. The summed E-state index contributed by atoms with van der Waals surface area (Å²) in [7, 11) is 0. The van der Waals surface area contributed by atoms with Crippen molar-refractivity contribution in [1.29, 1.82) is 0 Å². The highest BCUT2D eigenvalue weighted by atomic mass is 19.3. The Bertz CT molecular complexity index is 80.6. The number of hydrogen-bond donors (Lipinski definition) is 0. The van der Waals surface area contributed by atoms with Crippen molar-refractivity contribution in [2.45, 2.75) is 26.2 Å². The van der Waals surface area contributed by atoms with E-state index in [0.717, 1.165) is 12.8 Å². The van der Waals surface area contributed by atoms with Gasteiger partial charge in [-0.25, -0.2) is 8.78 Å². The number of alkyl halides is 2. The van der Waals surface area contributed by atoms with E-state index in [4.69, 9.17) is 0 Å². The standard InChI is InChI=1S/C6H10F2/c1-2-4-3-5(4)6(7)8/h4-6H,2-3H2,1H3. The molecule has 0 spiro atoms. The topological polar surface area (TPSA) is 0 Å². The SMILES string of the molecule is CCC1CC1C(F)F. The third kappa shape index (κ3) is 0.984. The molecule has 1 rings (SSSR count). The van der Waals surface area contributed by atoms with Crippen LogP contribution in [-0.2, 0) is 0 Å². The molecular weight excluding hydrogens is 110 g/mol. The molecule has 0 aromatic rings. The second-order valence-electron chi connectivity index (χ2n) is 2.40. The van der Waals surface area contributed by atoms with Crippen LogP contribution < -0.4 is 0 Å². The lowest BCUT2D eigenvalue weighted by Crippen LogP contribution is -1.94. The van der Waals surface area contributed by atoms with Gasteiger partial charge in [0, 0.05) is 5.92 Å². The second kappa shape index (κ2) is 2.00. The van der Waals surface area contributed by atoms with Crippen LogP contribution in [0.2, 0.25) is 0 Å². The normalized spacial score (nSPS) is 36.0. The number of rotatable bonds is 2. The van der Waals surface area contributed by atoms with Gasteiger partial charge in [-0.15, -0.1) is 0 Å². The summed E-state index contributed by atoms with van der Waals surface area (Å²) in [6, 6.07) is 0. The average molecular weight is 120 g/mol. The van der Waals surface area contributed by atoms with E-state index >= 15 is 0 Å². The van der Waals surface area contributed by atoms with Gasteiger partial charge in [0.05, 0.1) is 0 Å². The van der Waals surface area contributed by atoms with E-state index in [9.17, 15) is 8.78 Å². The first-order chi connectivity index (χ1) is 3.75. The Hall–Kier alpha value is -0.140. The van der Waals surface area contributed by atoms with E-state index < -0.39 is 6.43 Å². The van der Waals surface area contributed by atoms with Crippen molar-refractivity contribution in [2.24, 2.45) is 11.8 Å². The van der Waals surface area contributed by atoms with Gasteiger partial charge in [0.1, 0.15) is 0 Å². The zero-order valence-corrected chi connectivity index (χ0v) is 4.90. The van der Waals surface area contributed by atoms with Crippen molar-refractivity contribution in [3.63, 3.8) is 0 Å². The Morgan fingerprint density at radius 2 is 2.25 bits per heavy atom. The molecule has 1 saturated carbocycles. The summed E-state index contributed by atoms with van der Waals surface area (Å²) < 4.78 is 23.3. The molecule has 0 nitrogen and oxygen atoms in total. The first-order valence-corrected chi connectivity index (χ1v) is 3.03. The van der Waals surface area contributed by atoms with Crippen LogP contribution >= 0.6 is 0 Å². The van der Waals surface area contributed by atoms with E-state index in [1.165, 1.54) is 0 Å². The van der Waals surface area contributed by atoms with Gasteiger partial charge < -0.3 is 0 Å². The summed E-state index contributed by atoms with van der Waals surface area (Å²) in [6.45, 7) is 1.97. The highest BCUT2D eigenvalue weighted by Crippen LogP contribution is 2.44. The second-order valence-corrected chi connectivity index (χ2v) is 2.40. The van der Waals surface area contributed by atoms with E-state index in [1.807, 2.05) is 6.92 Å². The third-order valence-electron chi connectivity index (χ3n) is 1.83. The molecule has 0 radical (unpaired) electrons. The Morgan fingerprint density at radius 3 is 2.38 bits per heavy atom. The van der Waals surface area contributed by atoms with Crippen molar-refractivity contribution < 1.29 is 8.78 Å². The lowest BCUT2D eigenvalue weighted by molar-refractivity contribution is 0.116. The zero-order valence-electron chi connectivity index (χ0n) is 4.90. The summed E-state index contributed by atoms with van der Waals surface area (Å²) in [4.78, 5) is 0. The number of halogens is 2. The van der Waals surface area contributed by atoms with Crippen LogP contribution in [0.5, 0.6) is 0 Å². The molecule has 0 heterocycles. The molecule has 48 valence electrons. The molecule has 8 heavy (non-hydrogen) atoms. The molecule has 0 saturated heterocycles. The fourth-order valence-electron chi connectivity index (χ4n) is 1.05.